The van der Waals surface area contributed by atoms with E-state index in [9.17, 15) is 0 Å². The first kappa shape index (κ1) is 26.7. The molecule has 2 fully saturated rings. The molecule has 8 heteroatoms. The summed E-state index contributed by atoms with van der Waals surface area (Å²) < 4.78 is 7.71. The number of benzene rings is 2. The summed E-state index contributed by atoms with van der Waals surface area (Å²) in [5.41, 5.74) is 5.05. The highest BCUT2D eigenvalue weighted by Crippen LogP contribution is 2.44. The lowest BCUT2D eigenvalue weighted by Gasteiger charge is -2.37. The van der Waals surface area contributed by atoms with Crippen molar-refractivity contribution in [1.82, 2.24) is 14.9 Å². The minimum absolute atomic E-state index is 0.157. The second kappa shape index (κ2) is 11.1. The molecule has 0 bridgehead atoms. The number of rotatable bonds is 6. The second-order valence-electron chi connectivity index (χ2n) is 11.0. The Labute approximate surface area is 246 Å². The molecule has 2 aliphatic rings. The van der Waals surface area contributed by atoms with Gasteiger partial charge in [0.1, 0.15) is 11.8 Å². The van der Waals surface area contributed by atoms with Crippen LogP contribution < -0.4 is 19.9 Å². The van der Waals surface area contributed by atoms with Crippen LogP contribution in [0.5, 0.6) is 5.75 Å². The molecule has 0 amide bonds. The van der Waals surface area contributed by atoms with E-state index in [2.05, 4.69) is 76.1 Å². The van der Waals surface area contributed by atoms with Gasteiger partial charge >= 0.3 is 0 Å². The fourth-order valence-corrected chi connectivity index (χ4v) is 6.97. The smallest absolute Gasteiger partial charge is 0.174 e. The molecular weight excluding hydrogens is 538 g/mol. The number of piperidine rings is 1. The first-order valence-corrected chi connectivity index (χ1v) is 14.6. The highest BCUT2D eigenvalue weighted by Gasteiger charge is 2.42. The van der Waals surface area contributed by atoms with E-state index >= 15 is 0 Å². The van der Waals surface area contributed by atoms with Gasteiger partial charge in [-0.15, -0.1) is 0 Å². The normalized spacial score (nSPS) is 22.9. The molecule has 2 aromatic heterocycles. The molecular formula is C32H34ClN5OS. The van der Waals surface area contributed by atoms with Gasteiger partial charge < -0.3 is 24.4 Å². The van der Waals surface area contributed by atoms with Gasteiger partial charge in [-0.05, 0) is 85.1 Å². The lowest BCUT2D eigenvalue weighted by Crippen LogP contribution is -2.38. The third-order valence-corrected chi connectivity index (χ3v) is 8.55. The Hall–Kier alpha value is -3.55. The van der Waals surface area contributed by atoms with E-state index in [4.69, 9.17) is 33.5 Å². The Bertz CT molecular complexity index is 1500. The number of hydrogen-bond donors (Lipinski definition) is 1. The number of halogens is 1. The zero-order chi connectivity index (χ0) is 27.8. The van der Waals surface area contributed by atoms with E-state index in [0.29, 0.717) is 16.9 Å². The van der Waals surface area contributed by atoms with Crippen LogP contribution in [0.4, 0.5) is 11.4 Å². The molecule has 4 aromatic rings. The van der Waals surface area contributed by atoms with Gasteiger partial charge in [0.2, 0.25) is 0 Å². The van der Waals surface area contributed by atoms with E-state index < -0.39 is 0 Å². The summed E-state index contributed by atoms with van der Waals surface area (Å²) in [5, 5.41) is 4.95. The highest BCUT2D eigenvalue weighted by atomic mass is 35.5. The van der Waals surface area contributed by atoms with Crippen molar-refractivity contribution >= 4 is 40.3 Å². The molecule has 1 N–H and O–H groups in total. The van der Waals surface area contributed by atoms with E-state index in [-0.39, 0.29) is 12.1 Å². The van der Waals surface area contributed by atoms with Gasteiger partial charge in [0.15, 0.2) is 5.11 Å². The lowest BCUT2D eigenvalue weighted by molar-refractivity contribution is 0.357. The summed E-state index contributed by atoms with van der Waals surface area (Å²) in [5.74, 6) is 2.09. The average Bonchev–Trinajstić information content (AvgIpc) is 3.57. The maximum absolute atomic E-state index is 7.01. The summed E-state index contributed by atoms with van der Waals surface area (Å²) >= 11 is 13.0. The van der Waals surface area contributed by atoms with Crippen LogP contribution in [0.3, 0.4) is 0 Å². The van der Waals surface area contributed by atoms with Gasteiger partial charge in [0.05, 0.1) is 29.6 Å². The van der Waals surface area contributed by atoms with Gasteiger partial charge in [-0.25, -0.2) is 0 Å². The number of anilines is 2. The van der Waals surface area contributed by atoms with E-state index in [0.717, 1.165) is 52.3 Å². The number of methoxy groups -OCH3 is 1. The summed E-state index contributed by atoms with van der Waals surface area (Å²) in [4.78, 5) is 9.31. The summed E-state index contributed by atoms with van der Waals surface area (Å²) in [6.07, 6.45) is 5.16. The molecule has 4 heterocycles. The fraction of sp³-hybridized carbons (Fsp3) is 0.312. The predicted molar refractivity (Wildman–Crippen MR) is 167 cm³/mol. The molecule has 206 valence electrons. The number of thiocarbonyl (C=S) groups is 1. The Kier molecular flexibility index (Phi) is 7.43. The van der Waals surface area contributed by atoms with Crippen molar-refractivity contribution in [3.8, 4) is 11.4 Å². The van der Waals surface area contributed by atoms with Crippen molar-refractivity contribution in [2.75, 3.05) is 30.0 Å². The van der Waals surface area contributed by atoms with Crippen LogP contribution in [-0.4, -0.2) is 34.9 Å². The lowest BCUT2D eigenvalue weighted by atomic mass is 9.91. The molecule has 6 rings (SSSR count). The third-order valence-electron chi connectivity index (χ3n) is 7.93. The molecule has 0 aliphatic carbocycles. The molecule has 2 aliphatic heterocycles. The largest absolute Gasteiger partial charge is 0.497 e. The van der Waals surface area contributed by atoms with Crippen molar-refractivity contribution in [3.05, 3.63) is 102 Å². The zero-order valence-electron chi connectivity index (χ0n) is 23.0. The Morgan fingerprint density at radius 1 is 0.950 bits per heavy atom. The van der Waals surface area contributed by atoms with Gasteiger partial charge in [0, 0.05) is 48.6 Å². The van der Waals surface area contributed by atoms with Gasteiger partial charge in [0.25, 0.3) is 0 Å². The number of nitrogens with zero attached hydrogens (tertiary/aromatic N) is 4. The van der Waals surface area contributed by atoms with Crippen LogP contribution in [0.15, 0.2) is 85.2 Å². The zero-order valence-corrected chi connectivity index (χ0v) is 24.6. The van der Waals surface area contributed by atoms with E-state index in [1.165, 1.54) is 6.42 Å². The molecule has 2 saturated heterocycles. The number of hydrogen-bond acceptors (Lipinski definition) is 4. The van der Waals surface area contributed by atoms with Crippen LogP contribution in [0.2, 0.25) is 5.02 Å². The van der Waals surface area contributed by atoms with Gasteiger partial charge in [-0.1, -0.05) is 37.6 Å². The average molecular weight is 572 g/mol. The van der Waals surface area contributed by atoms with Crippen LogP contribution in [0.1, 0.15) is 43.7 Å². The molecule has 0 unspecified atom stereocenters. The highest BCUT2D eigenvalue weighted by molar-refractivity contribution is 7.80. The number of nitrogens with one attached hydrogen (secondary N) is 1. The van der Waals surface area contributed by atoms with Crippen molar-refractivity contribution in [3.63, 3.8) is 0 Å². The SMILES string of the molecule is COc1cccc(-n2cccc2[C@@H]2[C@H](c3ccccn3)NC(=S)N2c2ccc(N3C[C@H](C)C[C@H](C)C3)c(Cl)c2)c1. The molecule has 6 nitrogen and oxygen atoms in total. The maximum atomic E-state index is 7.01. The first-order valence-electron chi connectivity index (χ1n) is 13.8. The Balaban J connectivity index is 1.43. The third kappa shape index (κ3) is 5.04. The van der Waals surface area contributed by atoms with Crippen molar-refractivity contribution in [2.45, 2.75) is 32.4 Å². The second-order valence-corrected chi connectivity index (χ2v) is 11.8. The number of aromatic nitrogens is 2. The predicted octanol–water partition coefficient (Wildman–Crippen LogP) is 7.19. The van der Waals surface area contributed by atoms with Crippen LogP contribution >= 0.6 is 23.8 Å². The number of ether oxygens (including phenoxy) is 1. The maximum Gasteiger partial charge on any atom is 0.174 e. The van der Waals surface area contributed by atoms with Crippen molar-refractivity contribution in [1.29, 1.82) is 0 Å². The Morgan fingerprint density at radius 2 is 1.77 bits per heavy atom. The van der Waals surface area contributed by atoms with E-state index in [1.807, 2.05) is 42.6 Å². The van der Waals surface area contributed by atoms with E-state index in [1.54, 1.807) is 7.11 Å². The van der Waals surface area contributed by atoms with Crippen molar-refractivity contribution in [2.24, 2.45) is 11.8 Å². The van der Waals surface area contributed by atoms with Crippen LogP contribution in [-0.2, 0) is 0 Å². The van der Waals surface area contributed by atoms with Crippen molar-refractivity contribution < 1.29 is 4.74 Å². The molecule has 0 saturated carbocycles. The molecule has 0 spiro atoms. The standard InChI is InChI=1S/C32H34ClN5OS/c1-21-16-22(2)20-36(19-21)28-13-12-24(18-26(28)33)38-31(30(35-32(38)40)27-10-4-5-14-34-27)29-11-7-15-37(29)23-8-6-9-25(17-23)39-3/h4-15,17-18,21-22,30-31H,16,19-20H2,1-3H3,(H,35,40)/t21-,22+,30-,31+/m0/s1. The van der Waals surface area contributed by atoms with Crippen LogP contribution in [0.25, 0.3) is 5.69 Å². The summed E-state index contributed by atoms with van der Waals surface area (Å²) in [7, 11) is 1.69. The molecule has 4 atom stereocenters. The fourth-order valence-electron chi connectivity index (χ4n) is 6.33. The molecule has 40 heavy (non-hydrogen) atoms. The summed E-state index contributed by atoms with van der Waals surface area (Å²) in [6.45, 7) is 6.68. The molecule has 0 radical (unpaired) electrons. The minimum Gasteiger partial charge on any atom is -0.497 e. The van der Waals surface area contributed by atoms with Gasteiger partial charge in [-0.2, -0.15) is 0 Å². The quantitative estimate of drug-likeness (QED) is 0.247. The topological polar surface area (TPSA) is 45.6 Å². The van der Waals surface area contributed by atoms with Crippen LogP contribution in [0, 0.1) is 11.8 Å². The first-order chi connectivity index (χ1) is 19.4. The monoisotopic (exact) mass is 571 g/mol. The minimum atomic E-state index is -0.166. The Morgan fingerprint density at radius 3 is 2.50 bits per heavy atom. The molecule has 2 aromatic carbocycles. The summed E-state index contributed by atoms with van der Waals surface area (Å²) in [6, 6.07) is 24.3. The number of pyridine rings is 1. The van der Waals surface area contributed by atoms with Gasteiger partial charge in [-0.3, -0.25) is 4.98 Å².